The maximum atomic E-state index is 11.3. The second-order valence-electron chi connectivity index (χ2n) is 6.07. The Balaban J connectivity index is 1.84. The molecule has 0 bridgehead atoms. The molecule has 3 aromatic rings. The number of allylic oxidation sites excluding steroid dienone is 1. The molecule has 1 aromatic heterocycles. The zero-order valence-corrected chi connectivity index (χ0v) is 15.8. The molecule has 27 heavy (non-hydrogen) atoms. The normalized spacial score (nSPS) is 13.9. The lowest BCUT2D eigenvalue weighted by Gasteiger charge is -2.09. The molecule has 2 N–H and O–H groups in total. The van der Waals surface area contributed by atoms with Crippen LogP contribution in [0.25, 0.3) is 17.3 Å². The topological polar surface area (TPSA) is 74.8 Å². The Bertz CT molecular complexity index is 1200. The number of aryl methyl sites for hydroxylation is 1. The first-order valence-electron chi connectivity index (χ1n) is 8.10. The van der Waals surface area contributed by atoms with E-state index >= 15 is 0 Å². The van der Waals surface area contributed by atoms with Gasteiger partial charge < -0.3 is 10.2 Å². The van der Waals surface area contributed by atoms with Crippen LogP contribution in [-0.2, 0) is 0 Å². The van der Waals surface area contributed by atoms with Crippen LogP contribution in [0.2, 0.25) is 0 Å². The Morgan fingerprint density at radius 1 is 1.26 bits per heavy atom. The molecule has 1 aliphatic rings. The number of aromatic nitrogens is 1. The number of hydrogen-bond acceptors (Lipinski definition) is 5. The lowest BCUT2D eigenvalue weighted by atomic mass is 10.1. The first-order valence-corrected chi connectivity index (χ1v) is 9.32. The minimum absolute atomic E-state index is 0.0130. The molecule has 0 aliphatic carbocycles. The van der Waals surface area contributed by atoms with Crippen molar-refractivity contribution in [1.29, 1.82) is 0 Å². The summed E-state index contributed by atoms with van der Waals surface area (Å²) in [6.07, 6.45) is 3.60. The average Bonchev–Trinajstić information content (AvgIpc) is 3.17. The molecule has 5 nitrogen and oxygen atoms in total. The summed E-state index contributed by atoms with van der Waals surface area (Å²) in [6.45, 7) is 1.85. The van der Waals surface area contributed by atoms with Crippen molar-refractivity contribution in [1.82, 2.24) is 4.57 Å². The minimum Gasteiger partial charge on any atom is -0.493 e. The second-order valence-corrected chi connectivity index (χ2v) is 7.75. The molecule has 0 spiro atoms. The second kappa shape index (κ2) is 6.61. The van der Waals surface area contributed by atoms with E-state index in [-0.39, 0.29) is 11.4 Å². The number of aliphatic imine (C=N–C) groups is 1. The Labute approximate surface area is 164 Å². The summed E-state index contributed by atoms with van der Waals surface area (Å²) < 4.78 is 1.94. The molecule has 0 atom stereocenters. The third kappa shape index (κ3) is 3.01. The van der Waals surface area contributed by atoms with Crippen molar-refractivity contribution in [3.8, 4) is 11.6 Å². The zero-order valence-electron chi connectivity index (χ0n) is 14.2. The molecular formula is C20H14N2O3S2. The van der Waals surface area contributed by atoms with E-state index < -0.39 is 5.97 Å². The van der Waals surface area contributed by atoms with E-state index in [4.69, 9.17) is 12.2 Å². The van der Waals surface area contributed by atoms with Crippen LogP contribution in [0, 0.1) is 10.9 Å². The molecule has 7 heteroatoms. The highest BCUT2D eigenvalue weighted by atomic mass is 32.1. The van der Waals surface area contributed by atoms with E-state index in [9.17, 15) is 15.0 Å². The van der Waals surface area contributed by atoms with Gasteiger partial charge in [-0.15, -0.1) is 11.3 Å². The standard InChI is InChI=1S/C20H14N2O3S2/c1-11-6-7-12(19(24)25)8-16(11)22-18(23)17(27-20(22)26)9-13-10-21-15-5-3-2-4-14(13)15/h2-10,23H,1H3,(H,24,25)/b13-9-. The molecule has 0 saturated heterocycles. The van der Waals surface area contributed by atoms with E-state index in [1.807, 2.05) is 37.3 Å². The first-order chi connectivity index (χ1) is 13.0. The van der Waals surface area contributed by atoms with E-state index in [1.165, 1.54) is 28.0 Å². The number of aromatic carboxylic acids is 1. The molecule has 2 heterocycles. The van der Waals surface area contributed by atoms with E-state index in [0.29, 0.717) is 14.5 Å². The van der Waals surface area contributed by atoms with Crippen LogP contribution in [-0.4, -0.2) is 27.0 Å². The Kier molecular flexibility index (Phi) is 4.25. The molecule has 0 unspecified atom stereocenters. The Morgan fingerprint density at radius 2 is 2.04 bits per heavy atom. The Hall–Kier alpha value is -3.03. The molecule has 0 fully saturated rings. The molecule has 0 amide bonds. The third-order valence-electron chi connectivity index (χ3n) is 4.35. The van der Waals surface area contributed by atoms with Gasteiger partial charge >= 0.3 is 5.97 Å². The number of carboxylic acid groups (broad SMARTS) is 1. The number of para-hydroxylation sites is 1. The van der Waals surface area contributed by atoms with Crippen molar-refractivity contribution in [3.63, 3.8) is 0 Å². The van der Waals surface area contributed by atoms with Gasteiger partial charge in [0.2, 0.25) is 5.88 Å². The SMILES string of the molecule is Cc1ccc(C(=O)O)cc1-n1c(O)c(/C=C2/C=Nc3ccccc32)sc1=S. The number of aromatic hydroxyl groups is 1. The maximum absolute atomic E-state index is 11.3. The van der Waals surface area contributed by atoms with E-state index in [1.54, 1.807) is 12.3 Å². The average molecular weight is 394 g/mol. The molecule has 2 aromatic carbocycles. The predicted molar refractivity (Wildman–Crippen MR) is 110 cm³/mol. The van der Waals surface area contributed by atoms with Gasteiger partial charge in [0.05, 0.1) is 21.8 Å². The molecule has 1 aliphatic heterocycles. The summed E-state index contributed by atoms with van der Waals surface area (Å²) in [7, 11) is 0. The summed E-state index contributed by atoms with van der Waals surface area (Å²) in [5, 5.41) is 20.0. The summed E-state index contributed by atoms with van der Waals surface area (Å²) in [5.41, 5.74) is 4.28. The quantitative estimate of drug-likeness (QED) is 0.596. The molecule has 0 saturated carbocycles. The summed E-state index contributed by atoms with van der Waals surface area (Å²) in [5.74, 6) is -1.04. The first kappa shape index (κ1) is 17.4. The Morgan fingerprint density at radius 3 is 2.81 bits per heavy atom. The van der Waals surface area contributed by atoms with Crippen molar-refractivity contribution in [2.45, 2.75) is 6.92 Å². The van der Waals surface area contributed by atoms with Crippen molar-refractivity contribution >= 4 is 53.1 Å². The van der Waals surface area contributed by atoms with Gasteiger partial charge in [-0.1, -0.05) is 24.3 Å². The zero-order chi connectivity index (χ0) is 19.1. The number of hydrogen-bond donors (Lipinski definition) is 2. The smallest absolute Gasteiger partial charge is 0.335 e. The molecule has 0 radical (unpaired) electrons. The van der Waals surface area contributed by atoms with Gasteiger partial charge in [-0.05, 0) is 49.0 Å². The monoisotopic (exact) mass is 394 g/mol. The number of rotatable bonds is 3. The summed E-state index contributed by atoms with van der Waals surface area (Å²) in [6, 6.07) is 12.5. The van der Waals surface area contributed by atoms with Crippen LogP contribution in [0.1, 0.15) is 26.4 Å². The van der Waals surface area contributed by atoms with Gasteiger partial charge in [0.15, 0.2) is 3.95 Å². The summed E-state index contributed by atoms with van der Waals surface area (Å²) in [4.78, 5) is 16.3. The molecule has 4 rings (SSSR count). The number of carboxylic acids is 1. The fourth-order valence-corrected chi connectivity index (χ4v) is 4.25. The lowest BCUT2D eigenvalue weighted by molar-refractivity contribution is 0.0697. The van der Waals surface area contributed by atoms with Crippen molar-refractivity contribution in [2.24, 2.45) is 4.99 Å². The number of nitrogens with zero attached hydrogens (tertiary/aromatic N) is 2. The number of thiazole rings is 1. The molecule has 134 valence electrons. The van der Waals surface area contributed by atoms with Crippen LogP contribution < -0.4 is 0 Å². The van der Waals surface area contributed by atoms with Crippen LogP contribution in [0.15, 0.2) is 47.5 Å². The highest BCUT2D eigenvalue weighted by molar-refractivity contribution is 7.73. The van der Waals surface area contributed by atoms with Crippen molar-refractivity contribution in [2.75, 3.05) is 0 Å². The maximum Gasteiger partial charge on any atom is 0.335 e. The number of carbonyl (C=O) groups is 1. The van der Waals surface area contributed by atoms with E-state index in [0.717, 1.165) is 22.4 Å². The van der Waals surface area contributed by atoms with Crippen molar-refractivity contribution < 1.29 is 15.0 Å². The van der Waals surface area contributed by atoms with Gasteiger partial charge in [0, 0.05) is 17.4 Å². The fraction of sp³-hybridized carbons (Fsp3) is 0.0500. The van der Waals surface area contributed by atoms with Crippen LogP contribution in [0.4, 0.5) is 5.69 Å². The van der Waals surface area contributed by atoms with E-state index in [2.05, 4.69) is 4.99 Å². The van der Waals surface area contributed by atoms with Gasteiger partial charge in [-0.25, -0.2) is 4.79 Å². The summed E-state index contributed by atoms with van der Waals surface area (Å²) >= 11 is 6.70. The predicted octanol–water partition coefficient (Wildman–Crippen LogP) is 5.24. The number of benzene rings is 2. The van der Waals surface area contributed by atoms with Crippen LogP contribution >= 0.6 is 23.6 Å². The van der Waals surface area contributed by atoms with Gasteiger partial charge in [0.25, 0.3) is 0 Å². The fourth-order valence-electron chi connectivity index (χ4n) is 2.97. The van der Waals surface area contributed by atoms with Gasteiger partial charge in [0.1, 0.15) is 0 Å². The van der Waals surface area contributed by atoms with Crippen molar-refractivity contribution in [3.05, 3.63) is 68.0 Å². The lowest BCUT2D eigenvalue weighted by Crippen LogP contribution is -2.02. The third-order valence-corrected chi connectivity index (χ3v) is 5.66. The van der Waals surface area contributed by atoms with Crippen LogP contribution in [0.5, 0.6) is 5.88 Å². The minimum atomic E-state index is -1.03. The highest BCUT2D eigenvalue weighted by Gasteiger charge is 2.18. The highest BCUT2D eigenvalue weighted by Crippen LogP contribution is 2.37. The van der Waals surface area contributed by atoms with Crippen LogP contribution in [0.3, 0.4) is 0 Å². The largest absolute Gasteiger partial charge is 0.493 e. The van der Waals surface area contributed by atoms with Gasteiger partial charge in [-0.2, -0.15) is 0 Å². The molecular weight excluding hydrogens is 380 g/mol. The number of fused-ring (bicyclic) bond motifs is 1. The van der Waals surface area contributed by atoms with Gasteiger partial charge in [-0.3, -0.25) is 9.56 Å².